The molecule has 1 aromatic carbocycles. The number of nitrogens with zero attached hydrogens (tertiary/aromatic N) is 1. The maximum absolute atomic E-state index is 12.3. The number of hydrogen-bond donors (Lipinski definition) is 2. The largest absolute Gasteiger partial charge is 0.327 e. The maximum atomic E-state index is 12.3. The number of amides is 1. The molecule has 1 fully saturated rings. The van der Waals surface area contributed by atoms with Crippen molar-refractivity contribution in [2.75, 3.05) is 25.0 Å². The standard InChI is InChI=1S/C18H27N3O.ClH/c1-18(2)12-21(9-8-16(18)19)11-17(22)20-15-7-6-13-4-3-5-14(13)10-15;/h6-7,10,16H,3-5,8-9,11-12,19H2,1-2H3,(H,20,22);1H. The van der Waals surface area contributed by atoms with Gasteiger partial charge in [-0.3, -0.25) is 9.69 Å². The average Bonchev–Trinajstić information content (AvgIpc) is 2.90. The number of nitrogens with one attached hydrogen (secondary N) is 1. The van der Waals surface area contributed by atoms with Crippen molar-refractivity contribution in [3.63, 3.8) is 0 Å². The minimum absolute atomic E-state index is 0. The molecule has 2 aliphatic rings. The van der Waals surface area contributed by atoms with E-state index < -0.39 is 0 Å². The summed E-state index contributed by atoms with van der Waals surface area (Å²) in [4.78, 5) is 14.5. The smallest absolute Gasteiger partial charge is 0.238 e. The van der Waals surface area contributed by atoms with E-state index in [4.69, 9.17) is 5.73 Å². The molecule has 1 aromatic rings. The maximum Gasteiger partial charge on any atom is 0.238 e. The van der Waals surface area contributed by atoms with Crippen LogP contribution in [0.25, 0.3) is 0 Å². The second-order valence-electron chi connectivity index (χ2n) is 7.48. The molecule has 1 saturated heterocycles. The summed E-state index contributed by atoms with van der Waals surface area (Å²) in [7, 11) is 0. The summed E-state index contributed by atoms with van der Waals surface area (Å²) >= 11 is 0. The van der Waals surface area contributed by atoms with Crippen LogP contribution in [0, 0.1) is 5.41 Å². The molecule has 1 aliphatic heterocycles. The number of fused-ring (bicyclic) bond motifs is 1. The van der Waals surface area contributed by atoms with E-state index in [9.17, 15) is 4.79 Å². The second-order valence-corrected chi connectivity index (χ2v) is 7.48. The van der Waals surface area contributed by atoms with Crippen LogP contribution in [0.1, 0.15) is 37.8 Å². The SMILES string of the molecule is CC1(C)CN(CC(=O)Nc2ccc3c(c2)CCC3)CCC1N.Cl. The molecule has 1 unspecified atom stereocenters. The van der Waals surface area contributed by atoms with E-state index in [2.05, 4.69) is 36.2 Å². The molecule has 0 spiro atoms. The van der Waals surface area contributed by atoms with Gasteiger partial charge in [0.1, 0.15) is 0 Å². The van der Waals surface area contributed by atoms with Crippen LogP contribution >= 0.6 is 12.4 Å². The second kappa shape index (κ2) is 7.20. The van der Waals surface area contributed by atoms with E-state index in [0.717, 1.165) is 31.6 Å². The van der Waals surface area contributed by atoms with Gasteiger partial charge >= 0.3 is 0 Å². The number of halogens is 1. The summed E-state index contributed by atoms with van der Waals surface area (Å²) in [5, 5.41) is 3.05. The molecule has 23 heavy (non-hydrogen) atoms. The molecule has 5 heteroatoms. The molecule has 0 bridgehead atoms. The Morgan fingerprint density at radius 2 is 2.09 bits per heavy atom. The zero-order chi connectivity index (χ0) is 15.7. The van der Waals surface area contributed by atoms with Crippen molar-refractivity contribution < 1.29 is 4.79 Å². The lowest BCUT2D eigenvalue weighted by molar-refractivity contribution is -0.118. The third-order valence-electron chi connectivity index (χ3n) is 5.14. The van der Waals surface area contributed by atoms with Gasteiger partial charge in [-0.25, -0.2) is 0 Å². The molecular formula is C18H28ClN3O. The Bertz CT molecular complexity index is 573. The molecule has 4 nitrogen and oxygen atoms in total. The van der Waals surface area contributed by atoms with Gasteiger partial charge in [0.05, 0.1) is 6.54 Å². The van der Waals surface area contributed by atoms with Crippen molar-refractivity contribution >= 4 is 24.0 Å². The molecule has 0 radical (unpaired) electrons. The monoisotopic (exact) mass is 337 g/mol. The van der Waals surface area contributed by atoms with E-state index in [1.807, 2.05) is 6.07 Å². The fraction of sp³-hybridized carbons (Fsp3) is 0.611. The first-order valence-electron chi connectivity index (χ1n) is 8.34. The minimum Gasteiger partial charge on any atom is -0.327 e. The van der Waals surface area contributed by atoms with Crippen LogP contribution < -0.4 is 11.1 Å². The number of nitrogens with two attached hydrogens (primary N) is 1. The molecule has 1 heterocycles. The Balaban J connectivity index is 0.00000192. The highest BCUT2D eigenvalue weighted by Gasteiger charge is 2.33. The zero-order valence-electron chi connectivity index (χ0n) is 14.1. The van der Waals surface area contributed by atoms with Crippen molar-refractivity contribution in [2.24, 2.45) is 11.1 Å². The number of likely N-dealkylation sites (tertiary alicyclic amines) is 1. The quantitative estimate of drug-likeness (QED) is 0.891. The Morgan fingerprint density at radius 3 is 2.83 bits per heavy atom. The summed E-state index contributed by atoms with van der Waals surface area (Å²) in [5.41, 5.74) is 9.99. The fourth-order valence-corrected chi connectivity index (χ4v) is 3.67. The molecule has 0 saturated carbocycles. The Hall–Kier alpha value is -1.10. The molecule has 3 N–H and O–H groups in total. The van der Waals surface area contributed by atoms with Crippen LogP contribution in [0.4, 0.5) is 5.69 Å². The summed E-state index contributed by atoms with van der Waals surface area (Å²) < 4.78 is 0. The first-order valence-corrected chi connectivity index (χ1v) is 8.34. The minimum atomic E-state index is 0. The number of hydrogen-bond acceptors (Lipinski definition) is 3. The third kappa shape index (κ3) is 4.25. The number of anilines is 1. The van der Waals surface area contributed by atoms with Gasteiger partial charge in [0.25, 0.3) is 0 Å². The van der Waals surface area contributed by atoms with Crippen molar-refractivity contribution in [3.05, 3.63) is 29.3 Å². The lowest BCUT2D eigenvalue weighted by Crippen LogP contribution is -2.53. The Kier molecular flexibility index (Phi) is 5.71. The summed E-state index contributed by atoms with van der Waals surface area (Å²) in [6.45, 7) is 6.60. The lowest BCUT2D eigenvalue weighted by atomic mass is 9.80. The zero-order valence-corrected chi connectivity index (χ0v) is 14.9. The first-order chi connectivity index (χ1) is 10.4. The molecule has 1 atom stereocenters. The van der Waals surface area contributed by atoms with Gasteiger partial charge in [0.15, 0.2) is 0 Å². The highest BCUT2D eigenvalue weighted by molar-refractivity contribution is 5.92. The first kappa shape index (κ1) is 18.2. The number of carbonyl (C=O) groups is 1. The topological polar surface area (TPSA) is 58.4 Å². The van der Waals surface area contributed by atoms with Crippen molar-refractivity contribution in [2.45, 2.75) is 45.6 Å². The number of piperidine rings is 1. The third-order valence-corrected chi connectivity index (χ3v) is 5.14. The van der Waals surface area contributed by atoms with Crippen molar-refractivity contribution in [1.29, 1.82) is 0 Å². The van der Waals surface area contributed by atoms with Gasteiger partial charge < -0.3 is 11.1 Å². The normalized spacial score (nSPS) is 23.0. The molecule has 1 amide bonds. The van der Waals surface area contributed by atoms with Crippen LogP contribution in [-0.4, -0.2) is 36.5 Å². The van der Waals surface area contributed by atoms with Crippen LogP contribution in [0.15, 0.2) is 18.2 Å². The highest BCUT2D eigenvalue weighted by Crippen LogP contribution is 2.28. The Morgan fingerprint density at radius 1 is 1.35 bits per heavy atom. The van der Waals surface area contributed by atoms with Gasteiger partial charge in [-0.2, -0.15) is 0 Å². The number of benzene rings is 1. The van der Waals surface area contributed by atoms with Gasteiger partial charge in [0, 0.05) is 24.8 Å². The van der Waals surface area contributed by atoms with Crippen molar-refractivity contribution in [1.82, 2.24) is 4.90 Å². The van der Waals surface area contributed by atoms with Gasteiger partial charge in [-0.05, 0) is 54.4 Å². The van der Waals surface area contributed by atoms with Crippen molar-refractivity contribution in [3.8, 4) is 0 Å². The molecule has 3 rings (SSSR count). The fourth-order valence-electron chi connectivity index (χ4n) is 3.67. The van der Waals surface area contributed by atoms with Crippen LogP contribution in [0.3, 0.4) is 0 Å². The molecule has 1 aliphatic carbocycles. The van der Waals surface area contributed by atoms with E-state index in [0.29, 0.717) is 6.54 Å². The summed E-state index contributed by atoms with van der Waals surface area (Å²) in [5.74, 6) is 0.0734. The van der Waals surface area contributed by atoms with Gasteiger partial charge in [-0.1, -0.05) is 19.9 Å². The molecular weight excluding hydrogens is 310 g/mol. The summed E-state index contributed by atoms with van der Waals surface area (Å²) in [6.07, 6.45) is 4.50. The number of aryl methyl sites for hydroxylation is 2. The van der Waals surface area contributed by atoms with Gasteiger partial charge in [-0.15, -0.1) is 12.4 Å². The number of carbonyl (C=O) groups excluding carboxylic acids is 1. The summed E-state index contributed by atoms with van der Waals surface area (Å²) in [6, 6.07) is 6.54. The van der Waals surface area contributed by atoms with E-state index in [-0.39, 0.29) is 29.8 Å². The van der Waals surface area contributed by atoms with Crippen LogP contribution in [0.5, 0.6) is 0 Å². The molecule has 0 aromatic heterocycles. The average molecular weight is 338 g/mol. The molecule has 128 valence electrons. The van der Waals surface area contributed by atoms with E-state index in [1.54, 1.807) is 0 Å². The van der Waals surface area contributed by atoms with E-state index in [1.165, 1.54) is 24.0 Å². The Labute approximate surface area is 145 Å². The lowest BCUT2D eigenvalue weighted by Gasteiger charge is -2.42. The number of rotatable bonds is 3. The highest BCUT2D eigenvalue weighted by atomic mass is 35.5. The van der Waals surface area contributed by atoms with Crippen LogP contribution in [0.2, 0.25) is 0 Å². The predicted molar refractivity (Wildman–Crippen MR) is 97.2 cm³/mol. The van der Waals surface area contributed by atoms with Crippen LogP contribution in [-0.2, 0) is 17.6 Å². The van der Waals surface area contributed by atoms with Gasteiger partial charge in [0.2, 0.25) is 5.91 Å². The van der Waals surface area contributed by atoms with E-state index >= 15 is 0 Å². The predicted octanol–water partition coefficient (Wildman–Crippen LogP) is 2.59.